The fourth-order valence-electron chi connectivity index (χ4n) is 3.03. The number of pyridine rings is 1. The number of aryl methyl sites for hydroxylation is 1. The molecule has 0 spiro atoms. The van der Waals surface area contributed by atoms with Crippen LogP contribution in [0, 0.1) is 5.82 Å². The first-order chi connectivity index (χ1) is 12.8. The molecule has 130 valence electrons. The van der Waals surface area contributed by atoms with Gasteiger partial charge in [-0.2, -0.15) is 0 Å². The summed E-state index contributed by atoms with van der Waals surface area (Å²) in [6, 6.07) is 8.79. The SMILES string of the molecule is COc1cccc(F)c1CCc1ccc(-c2cnccn2)c2nncn12. The molecule has 0 N–H and O–H groups in total. The summed E-state index contributed by atoms with van der Waals surface area (Å²) in [6.07, 6.45) is 7.73. The van der Waals surface area contributed by atoms with Crippen molar-refractivity contribution < 1.29 is 9.13 Å². The maximum absolute atomic E-state index is 14.2. The van der Waals surface area contributed by atoms with Crippen LogP contribution in [0.2, 0.25) is 0 Å². The molecule has 0 fully saturated rings. The van der Waals surface area contributed by atoms with Crippen LogP contribution in [-0.4, -0.2) is 31.7 Å². The van der Waals surface area contributed by atoms with Gasteiger partial charge in [0.15, 0.2) is 5.65 Å². The summed E-state index contributed by atoms with van der Waals surface area (Å²) >= 11 is 0. The number of nitrogens with zero attached hydrogens (tertiary/aromatic N) is 5. The van der Waals surface area contributed by atoms with Crippen LogP contribution in [-0.2, 0) is 12.8 Å². The Balaban J connectivity index is 1.68. The number of aromatic nitrogens is 5. The molecule has 6 nitrogen and oxygen atoms in total. The van der Waals surface area contributed by atoms with Gasteiger partial charge in [-0.3, -0.25) is 14.4 Å². The van der Waals surface area contributed by atoms with E-state index in [0.29, 0.717) is 29.8 Å². The van der Waals surface area contributed by atoms with Crippen LogP contribution < -0.4 is 4.74 Å². The Labute approximate surface area is 149 Å². The van der Waals surface area contributed by atoms with Gasteiger partial charge in [0.2, 0.25) is 0 Å². The molecular weight excluding hydrogens is 333 g/mol. The predicted octanol–water partition coefficient (Wildman–Crippen LogP) is 3.12. The van der Waals surface area contributed by atoms with Crippen molar-refractivity contribution in [3.05, 3.63) is 72.3 Å². The minimum Gasteiger partial charge on any atom is -0.496 e. The number of hydrogen-bond acceptors (Lipinski definition) is 5. The number of halogens is 1. The third kappa shape index (κ3) is 2.88. The number of hydrogen-bond donors (Lipinski definition) is 0. The second-order valence-electron chi connectivity index (χ2n) is 5.77. The number of benzene rings is 1. The lowest BCUT2D eigenvalue weighted by Crippen LogP contribution is -2.03. The van der Waals surface area contributed by atoms with E-state index in [4.69, 9.17) is 4.74 Å². The Morgan fingerprint density at radius 2 is 2.04 bits per heavy atom. The highest BCUT2D eigenvalue weighted by molar-refractivity contribution is 5.74. The molecule has 0 bridgehead atoms. The van der Waals surface area contributed by atoms with Crippen LogP contribution in [0.5, 0.6) is 5.75 Å². The van der Waals surface area contributed by atoms with Gasteiger partial charge in [-0.15, -0.1) is 10.2 Å². The third-order valence-corrected chi connectivity index (χ3v) is 4.31. The Morgan fingerprint density at radius 3 is 2.85 bits per heavy atom. The molecule has 3 heterocycles. The summed E-state index contributed by atoms with van der Waals surface area (Å²) in [4.78, 5) is 8.43. The molecule has 0 amide bonds. The first kappa shape index (κ1) is 16.1. The lowest BCUT2D eigenvalue weighted by atomic mass is 10.0. The van der Waals surface area contributed by atoms with E-state index in [0.717, 1.165) is 17.0 Å². The zero-order chi connectivity index (χ0) is 17.9. The number of fused-ring (bicyclic) bond motifs is 1. The fourth-order valence-corrected chi connectivity index (χ4v) is 3.03. The van der Waals surface area contributed by atoms with Crippen molar-refractivity contribution in [3.8, 4) is 17.0 Å². The molecule has 0 radical (unpaired) electrons. The van der Waals surface area contributed by atoms with Crippen molar-refractivity contribution in [1.29, 1.82) is 0 Å². The van der Waals surface area contributed by atoms with Gasteiger partial charge in [-0.05, 0) is 37.1 Å². The van der Waals surface area contributed by atoms with Gasteiger partial charge in [0.1, 0.15) is 17.9 Å². The Bertz CT molecular complexity index is 1050. The highest BCUT2D eigenvalue weighted by atomic mass is 19.1. The molecule has 0 saturated carbocycles. The summed E-state index contributed by atoms with van der Waals surface area (Å²) in [7, 11) is 1.55. The van der Waals surface area contributed by atoms with E-state index in [2.05, 4.69) is 20.2 Å². The van der Waals surface area contributed by atoms with Gasteiger partial charge >= 0.3 is 0 Å². The second-order valence-corrected chi connectivity index (χ2v) is 5.77. The highest BCUT2D eigenvalue weighted by Gasteiger charge is 2.13. The third-order valence-electron chi connectivity index (χ3n) is 4.31. The van der Waals surface area contributed by atoms with E-state index in [1.807, 2.05) is 16.5 Å². The average Bonchev–Trinajstić information content (AvgIpc) is 3.17. The molecule has 4 rings (SSSR count). The number of rotatable bonds is 5. The maximum atomic E-state index is 14.2. The monoisotopic (exact) mass is 349 g/mol. The molecule has 0 aliphatic carbocycles. The van der Waals surface area contributed by atoms with Crippen LogP contribution in [0.4, 0.5) is 4.39 Å². The van der Waals surface area contributed by atoms with E-state index in [-0.39, 0.29) is 5.82 Å². The average molecular weight is 349 g/mol. The summed E-state index contributed by atoms with van der Waals surface area (Å²) in [5, 5.41) is 8.23. The molecule has 1 aromatic carbocycles. The normalized spacial score (nSPS) is 11.0. The molecule has 0 atom stereocenters. The van der Waals surface area contributed by atoms with Crippen molar-refractivity contribution in [2.75, 3.05) is 7.11 Å². The lowest BCUT2D eigenvalue weighted by molar-refractivity contribution is 0.404. The largest absolute Gasteiger partial charge is 0.496 e. The molecule has 0 saturated heterocycles. The van der Waals surface area contributed by atoms with Gasteiger partial charge in [-0.25, -0.2) is 4.39 Å². The summed E-state index contributed by atoms with van der Waals surface area (Å²) in [5.41, 5.74) is 3.82. The van der Waals surface area contributed by atoms with Crippen molar-refractivity contribution in [2.45, 2.75) is 12.8 Å². The molecule has 26 heavy (non-hydrogen) atoms. The first-order valence-corrected chi connectivity index (χ1v) is 8.17. The predicted molar refractivity (Wildman–Crippen MR) is 94.4 cm³/mol. The zero-order valence-electron chi connectivity index (χ0n) is 14.1. The maximum Gasteiger partial charge on any atom is 0.170 e. The molecular formula is C19H16FN5O. The molecule has 0 unspecified atom stereocenters. The summed E-state index contributed by atoms with van der Waals surface area (Å²) < 4.78 is 21.3. The van der Waals surface area contributed by atoms with E-state index >= 15 is 0 Å². The number of methoxy groups -OCH3 is 1. The molecule has 0 aliphatic rings. The highest BCUT2D eigenvalue weighted by Crippen LogP contribution is 2.25. The quantitative estimate of drug-likeness (QED) is 0.554. The lowest BCUT2D eigenvalue weighted by Gasteiger charge is -2.11. The van der Waals surface area contributed by atoms with Crippen molar-refractivity contribution in [1.82, 2.24) is 24.6 Å². The van der Waals surface area contributed by atoms with Gasteiger partial charge in [0.25, 0.3) is 0 Å². The van der Waals surface area contributed by atoms with Gasteiger partial charge in [0, 0.05) is 29.2 Å². The van der Waals surface area contributed by atoms with Crippen LogP contribution in [0.3, 0.4) is 0 Å². The Hall–Kier alpha value is -3.35. The summed E-state index contributed by atoms with van der Waals surface area (Å²) in [5.74, 6) is 0.293. The van der Waals surface area contributed by atoms with Crippen LogP contribution in [0.1, 0.15) is 11.3 Å². The van der Waals surface area contributed by atoms with Crippen molar-refractivity contribution >= 4 is 5.65 Å². The van der Waals surface area contributed by atoms with Crippen LogP contribution in [0.25, 0.3) is 16.9 Å². The Kier molecular flexibility index (Phi) is 4.27. The van der Waals surface area contributed by atoms with Crippen LogP contribution >= 0.6 is 0 Å². The van der Waals surface area contributed by atoms with Crippen molar-refractivity contribution in [2.24, 2.45) is 0 Å². The van der Waals surface area contributed by atoms with Crippen LogP contribution in [0.15, 0.2) is 55.2 Å². The minimum atomic E-state index is -0.263. The second kappa shape index (κ2) is 6.87. The van der Waals surface area contributed by atoms with E-state index in [1.165, 1.54) is 6.07 Å². The van der Waals surface area contributed by atoms with Gasteiger partial charge in [-0.1, -0.05) is 6.07 Å². The zero-order valence-corrected chi connectivity index (χ0v) is 14.1. The van der Waals surface area contributed by atoms with E-state index in [9.17, 15) is 4.39 Å². The molecule has 4 aromatic rings. The molecule has 3 aromatic heterocycles. The van der Waals surface area contributed by atoms with E-state index in [1.54, 1.807) is 44.2 Å². The fraction of sp³-hybridized carbons (Fsp3) is 0.158. The van der Waals surface area contributed by atoms with Gasteiger partial charge < -0.3 is 4.74 Å². The number of ether oxygens (including phenoxy) is 1. The Morgan fingerprint density at radius 1 is 1.12 bits per heavy atom. The topological polar surface area (TPSA) is 65.2 Å². The van der Waals surface area contributed by atoms with E-state index < -0.39 is 0 Å². The smallest absolute Gasteiger partial charge is 0.170 e. The van der Waals surface area contributed by atoms with Crippen molar-refractivity contribution in [3.63, 3.8) is 0 Å². The molecule has 7 heteroatoms. The summed E-state index contributed by atoms with van der Waals surface area (Å²) in [6.45, 7) is 0. The first-order valence-electron chi connectivity index (χ1n) is 8.17. The minimum absolute atomic E-state index is 0.263. The van der Waals surface area contributed by atoms with Gasteiger partial charge in [0.05, 0.1) is 19.0 Å². The standard InChI is InChI=1S/C19H16FN5O/c1-26-18-4-2-3-16(20)14(18)7-5-13-6-8-15(17-11-21-9-10-22-17)19-24-23-12-25(13)19/h2-4,6,8-12H,5,7H2,1H3. The molecule has 0 aliphatic heterocycles.